The fourth-order valence-corrected chi connectivity index (χ4v) is 2.91. The van der Waals surface area contributed by atoms with Gasteiger partial charge in [0.1, 0.15) is 22.3 Å². The molecule has 9 heteroatoms. The van der Waals surface area contributed by atoms with E-state index < -0.39 is 0 Å². The van der Waals surface area contributed by atoms with E-state index in [2.05, 4.69) is 20.7 Å². The molecule has 140 valence electrons. The normalized spacial score (nSPS) is 10.5. The van der Waals surface area contributed by atoms with Crippen molar-refractivity contribution in [3.05, 3.63) is 42.2 Å². The van der Waals surface area contributed by atoms with Crippen LogP contribution >= 0.6 is 11.8 Å². The molecule has 0 aliphatic heterocycles. The second-order valence-corrected chi connectivity index (χ2v) is 6.48. The Hall–Kier alpha value is -3.07. The molecule has 0 fully saturated rings. The van der Waals surface area contributed by atoms with E-state index >= 15 is 0 Å². The highest BCUT2D eigenvalue weighted by Crippen LogP contribution is 2.32. The number of nitrogens with zero attached hydrogens (tertiary/aromatic N) is 3. The zero-order chi connectivity index (χ0) is 19.2. The van der Waals surface area contributed by atoms with E-state index in [1.807, 2.05) is 24.3 Å². The zero-order valence-corrected chi connectivity index (χ0v) is 15.9. The first-order chi connectivity index (χ1) is 13.1. The highest BCUT2D eigenvalue weighted by molar-refractivity contribution is 7.99. The number of nitrogens with one attached hydrogen (secondary N) is 1. The van der Waals surface area contributed by atoms with Crippen LogP contribution in [0.3, 0.4) is 0 Å². The molecule has 0 unspecified atom stereocenters. The van der Waals surface area contributed by atoms with Crippen LogP contribution in [0.4, 0.5) is 5.82 Å². The van der Waals surface area contributed by atoms with E-state index in [4.69, 9.17) is 14.0 Å². The third-order valence-electron chi connectivity index (χ3n) is 3.57. The van der Waals surface area contributed by atoms with Gasteiger partial charge in [0.15, 0.2) is 5.82 Å². The first kappa shape index (κ1) is 18.7. The monoisotopic (exact) mass is 386 g/mol. The van der Waals surface area contributed by atoms with Gasteiger partial charge in [0.2, 0.25) is 5.91 Å². The maximum Gasteiger partial charge on any atom is 0.236 e. The van der Waals surface area contributed by atoms with Crippen molar-refractivity contribution in [3.63, 3.8) is 0 Å². The van der Waals surface area contributed by atoms with Gasteiger partial charge in [0.05, 0.1) is 25.7 Å². The van der Waals surface area contributed by atoms with Gasteiger partial charge in [0, 0.05) is 17.7 Å². The summed E-state index contributed by atoms with van der Waals surface area (Å²) in [5, 5.41) is 15.4. The van der Waals surface area contributed by atoms with Crippen LogP contribution in [0, 0.1) is 6.92 Å². The van der Waals surface area contributed by atoms with Crippen LogP contribution in [-0.2, 0) is 4.79 Å². The molecule has 0 aliphatic rings. The van der Waals surface area contributed by atoms with Crippen molar-refractivity contribution in [2.75, 3.05) is 25.3 Å². The van der Waals surface area contributed by atoms with Gasteiger partial charge in [-0.05, 0) is 31.2 Å². The minimum absolute atomic E-state index is 0.186. The van der Waals surface area contributed by atoms with Crippen LogP contribution in [0.25, 0.3) is 11.3 Å². The van der Waals surface area contributed by atoms with Crippen LogP contribution in [-0.4, -0.2) is 41.2 Å². The number of rotatable bonds is 7. The number of anilines is 1. The van der Waals surface area contributed by atoms with Crippen molar-refractivity contribution in [2.24, 2.45) is 0 Å². The Balaban J connectivity index is 1.63. The van der Waals surface area contributed by atoms with Gasteiger partial charge in [-0.25, -0.2) is 0 Å². The van der Waals surface area contributed by atoms with Crippen molar-refractivity contribution < 1.29 is 18.8 Å². The van der Waals surface area contributed by atoms with Gasteiger partial charge in [-0.2, -0.15) is 0 Å². The standard InChI is InChI=1S/C18H18N4O4S/c1-11-8-16(22-26-11)19-17(23)10-27-18-7-6-14(20-21-18)13-5-4-12(24-2)9-15(13)25-3/h4-9H,10H2,1-3H3,(H,19,22,23). The Bertz CT molecular complexity index is 927. The van der Waals surface area contributed by atoms with Gasteiger partial charge in [0.25, 0.3) is 0 Å². The fraction of sp³-hybridized carbons (Fsp3) is 0.222. The number of carbonyl (C=O) groups excluding carboxylic acids is 1. The average molecular weight is 386 g/mol. The number of thioether (sulfide) groups is 1. The molecule has 0 saturated carbocycles. The second kappa shape index (κ2) is 8.54. The quantitative estimate of drug-likeness (QED) is 0.618. The first-order valence-electron chi connectivity index (χ1n) is 8.01. The Morgan fingerprint density at radius 3 is 2.63 bits per heavy atom. The number of benzene rings is 1. The molecular formula is C18H18N4O4S. The number of amides is 1. The number of hydrogen-bond acceptors (Lipinski definition) is 8. The smallest absolute Gasteiger partial charge is 0.236 e. The average Bonchev–Trinajstić information content (AvgIpc) is 3.10. The first-order valence-corrected chi connectivity index (χ1v) is 8.99. The van der Waals surface area contributed by atoms with Crippen LogP contribution in [0.5, 0.6) is 11.5 Å². The summed E-state index contributed by atoms with van der Waals surface area (Å²) in [5.74, 6) is 2.36. The summed E-state index contributed by atoms with van der Waals surface area (Å²) in [4.78, 5) is 11.9. The zero-order valence-electron chi connectivity index (χ0n) is 15.1. The predicted octanol–water partition coefficient (Wildman–Crippen LogP) is 3.19. The third kappa shape index (κ3) is 4.76. The summed E-state index contributed by atoms with van der Waals surface area (Å²) < 4.78 is 15.5. The molecule has 2 aromatic heterocycles. The number of aromatic nitrogens is 3. The molecule has 0 spiro atoms. The molecule has 3 rings (SSSR count). The Morgan fingerprint density at radius 1 is 1.15 bits per heavy atom. The maximum atomic E-state index is 11.9. The van der Waals surface area contributed by atoms with Crippen molar-refractivity contribution in [3.8, 4) is 22.8 Å². The molecule has 0 radical (unpaired) electrons. The van der Waals surface area contributed by atoms with E-state index in [1.54, 1.807) is 33.3 Å². The van der Waals surface area contributed by atoms with Crippen LogP contribution in [0.15, 0.2) is 45.9 Å². The molecule has 2 heterocycles. The maximum absolute atomic E-state index is 11.9. The molecule has 1 amide bonds. The molecule has 0 bridgehead atoms. The largest absolute Gasteiger partial charge is 0.497 e. The van der Waals surface area contributed by atoms with E-state index in [0.717, 1.165) is 5.56 Å². The fourth-order valence-electron chi connectivity index (χ4n) is 2.29. The minimum Gasteiger partial charge on any atom is -0.497 e. The van der Waals surface area contributed by atoms with Crippen LogP contribution in [0.1, 0.15) is 5.76 Å². The second-order valence-electron chi connectivity index (χ2n) is 5.48. The molecule has 8 nitrogen and oxygen atoms in total. The van der Waals surface area contributed by atoms with Crippen molar-refractivity contribution in [1.82, 2.24) is 15.4 Å². The lowest BCUT2D eigenvalue weighted by atomic mass is 10.1. The predicted molar refractivity (Wildman–Crippen MR) is 101 cm³/mol. The molecule has 0 aliphatic carbocycles. The van der Waals surface area contributed by atoms with Gasteiger partial charge in [-0.15, -0.1) is 10.2 Å². The Kier molecular flexibility index (Phi) is 5.92. The van der Waals surface area contributed by atoms with Crippen molar-refractivity contribution >= 4 is 23.5 Å². The topological polar surface area (TPSA) is 99.4 Å². The summed E-state index contributed by atoms with van der Waals surface area (Å²) in [7, 11) is 3.19. The summed E-state index contributed by atoms with van der Waals surface area (Å²) in [5.41, 5.74) is 1.47. The number of aryl methyl sites for hydroxylation is 1. The van der Waals surface area contributed by atoms with Gasteiger partial charge >= 0.3 is 0 Å². The SMILES string of the molecule is COc1ccc(-c2ccc(SCC(=O)Nc3cc(C)on3)nn2)c(OC)c1. The summed E-state index contributed by atoms with van der Waals surface area (Å²) in [6.45, 7) is 1.76. The van der Waals surface area contributed by atoms with Crippen LogP contribution < -0.4 is 14.8 Å². The molecule has 1 aromatic carbocycles. The molecule has 0 saturated heterocycles. The molecule has 0 atom stereocenters. The molecular weight excluding hydrogens is 368 g/mol. The van der Waals surface area contributed by atoms with E-state index in [9.17, 15) is 4.79 Å². The Labute approximate surface area is 160 Å². The third-order valence-corrected chi connectivity index (χ3v) is 4.49. The van der Waals surface area contributed by atoms with E-state index in [-0.39, 0.29) is 11.7 Å². The van der Waals surface area contributed by atoms with Gasteiger partial charge < -0.3 is 19.3 Å². The van der Waals surface area contributed by atoms with E-state index in [0.29, 0.717) is 33.8 Å². The number of methoxy groups -OCH3 is 2. The lowest BCUT2D eigenvalue weighted by Crippen LogP contribution is -2.14. The number of ether oxygens (including phenoxy) is 2. The molecule has 3 aromatic rings. The lowest BCUT2D eigenvalue weighted by Gasteiger charge is -2.09. The molecule has 1 N–H and O–H groups in total. The summed E-state index contributed by atoms with van der Waals surface area (Å²) >= 11 is 1.28. The Morgan fingerprint density at radius 2 is 2.00 bits per heavy atom. The highest BCUT2D eigenvalue weighted by atomic mass is 32.2. The number of carbonyl (C=O) groups is 1. The summed E-state index contributed by atoms with van der Waals surface area (Å²) in [6, 6.07) is 10.8. The minimum atomic E-state index is -0.198. The van der Waals surface area contributed by atoms with Gasteiger partial charge in [-0.1, -0.05) is 16.9 Å². The summed E-state index contributed by atoms with van der Waals surface area (Å²) in [6.07, 6.45) is 0. The molecule has 27 heavy (non-hydrogen) atoms. The van der Waals surface area contributed by atoms with E-state index in [1.165, 1.54) is 11.8 Å². The number of hydrogen-bond donors (Lipinski definition) is 1. The van der Waals surface area contributed by atoms with Crippen molar-refractivity contribution in [1.29, 1.82) is 0 Å². The van der Waals surface area contributed by atoms with Crippen LogP contribution in [0.2, 0.25) is 0 Å². The van der Waals surface area contributed by atoms with Gasteiger partial charge in [-0.3, -0.25) is 4.79 Å². The lowest BCUT2D eigenvalue weighted by molar-refractivity contribution is -0.113. The van der Waals surface area contributed by atoms with Crippen molar-refractivity contribution in [2.45, 2.75) is 11.9 Å². The highest BCUT2D eigenvalue weighted by Gasteiger charge is 2.11.